The van der Waals surface area contributed by atoms with Crippen LogP contribution in [0.4, 0.5) is 11.6 Å². The zero-order valence-corrected chi connectivity index (χ0v) is 10.6. The second kappa shape index (κ2) is 4.79. The minimum absolute atomic E-state index is 0.0906. The molecule has 1 saturated heterocycles. The number of nitrogen functional groups attached to an aromatic ring is 1. The van der Waals surface area contributed by atoms with E-state index in [9.17, 15) is 4.79 Å². The highest BCUT2D eigenvalue weighted by atomic mass is 32.2. The Morgan fingerprint density at radius 1 is 1.59 bits per heavy atom. The Hall–Kier alpha value is -1.50. The Kier molecular flexibility index (Phi) is 3.37. The van der Waals surface area contributed by atoms with Crippen molar-refractivity contribution < 1.29 is 4.79 Å². The van der Waals surface area contributed by atoms with E-state index in [0.29, 0.717) is 16.8 Å². The molecular weight excluding hydrogens is 238 g/mol. The van der Waals surface area contributed by atoms with Gasteiger partial charge < -0.3 is 16.0 Å². The number of thioether (sulfide) groups is 1. The van der Waals surface area contributed by atoms with E-state index < -0.39 is 0 Å². The number of carbonyl (C=O) groups is 1. The molecular formula is C10H15N5OS. The Morgan fingerprint density at radius 2 is 2.35 bits per heavy atom. The quantitative estimate of drug-likeness (QED) is 0.600. The smallest absolute Gasteiger partial charge is 0.244 e. The van der Waals surface area contributed by atoms with Gasteiger partial charge in [0.1, 0.15) is 17.7 Å². The van der Waals surface area contributed by atoms with Crippen LogP contribution in [0.3, 0.4) is 0 Å². The van der Waals surface area contributed by atoms with E-state index in [1.807, 2.05) is 6.26 Å². The molecule has 0 radical (unpaired) electrons. The van der Waals surface area contributed by atoms with Gasteiger partial charge >= 0.3 is 0 Å². The van der Waals surface area contributed by atoms with Crippen LogP contribution < -0.4 is 11.1 Å². The van der Waals surface area contributed by atoms with E-state index in [4.69, 9.17) is 5.73 Å². The number of rotatable bonds is 3. The average Bonchev–Trinajstić information content (AvgIpc) is 2.60. The molecule has 1 aromatic rings. The van der Waals surface area contributed by atoms with Crippen molar-refractivity contribution in [3.63, 3.8) is 0 Å². The fourth-order valence-electron chi connectivity index (χ4n) is 1.74. The van der Waals surface area contributed by atoms with Gasteiger partial charge in [-0.1, -0.05) is 11.8 Å². The van der Waals surface area contributed by atoms with E-state index in [1.54, 1.807) is 18.0 Å². The Morgan fingerprint density at radius 3 is 2.94 bits per heavy atom. The van der Waals surface area contributed by atoms with Crippen LogP contribution in [0.5, 0.6) is 0 Å². The highest BCUT2D eigenvalue weighted by molar-refractivity contribution is 7.98. The number of nitrogens with one attached hydrogen (secondary N) is 1. The summed E-state index contributed by atoms with van der Waals surface area (Å²) < 4.78 is 0. The molecule has 2 heterocycles. The van der Waals surface area contributed by atoms with Crippen LogP contribution in [0.1, 0.15) is 6.42 Å². The van der Waals surface area contributed by atoms with Crippen molar-refractivity contribution in [3.05, 3.63) is 6.07 Å². The summed E-state index contributed by atoms with van der Waals surface area (Å²) in [6, 6.07) is 1.44. The number of likely N-dealkylation sites (N-methyl/N-ethyl adjacent to an activating group) is 1. The lowest BCUT2D eigenvalue weighted by atomic mass is 10.2. The summed E-state index contributed by atoms with van der Waals surface area (Å²) in [5, 5.41) is 3.70. The molecule has 7 heteroatoms. The summed E-state index contributed by atoms with van der Waals surface area (Å²) in [5.41, 5.74) is 5.67. The third-order valence-electron chi connectivity index (χ3n) is 2.66. The molecule has 1 aliphatic rings. The third-order valence-corrected chi connectivity index (χ3v) is 3.21. The summed E-state index contributed by atoms with van der Waals surface area (Å²) in [6.07, 6.45) is 2.67. The SMILES string of the molecule is CSc1nc(N)cc(NC2CCN(C)C2=O)n1. The molecule has 1 aromatic heterocycles. The number of nitrogens with zero attached hydrogens (tertiary/aromatic N) is 3. The lowest BCUT2D eigenvalue weighted by Gasteiger charge is -2.13. The highest BCUT2D eigenvalue weighted by Crippen LogP contribution is 2.18. The Bertz CT molecular complexity index is 439. The molecule has 0 spiro atoms. The topological polar surface area (TPSA) is 84.1 Å². The largest absolute Gasteiger partial charge is 0.383 e. The fourth-order valence-corrected chi connectivity index (χ4v) is 2.13. The zero-order chi connectivity index (χ0) is 12.4. The minimum Gasteiger partial charge on any atom is -0.383 e. The van der Waals surface area contributed by atoms with Gasteiger partial charge in [0, 0.05) is 19.7 Å². The van der Waals surface area contributed by atoms with Crippen LogP contribution >= 0.6 is 11.8 Å². The van der Waals surface area contributed by atoms with Gasteiger partial charge in [-0.15, -0.1) is 0 Å². The predicted molar refractivity (Wildman–Crippen MR) is 67.9 cm³/mol. The van der Waals surface area contributed by atoms with Crippen molar-refractivity contribution in [2.45, 2.75) is 17.6 Å². The number of nitrogens with two attached hydrogens (primary N) is 1. The normalized spacial score (nSPS) is 19.8. The van der Waals surface area contributed by atoms with Gasteiger partial charge in [0.15, 0.2) is 5.16 Å². The maximum atomic E-state index is 11.7. The molecule has 1 unspecified atom stereocenters. The van der Waals surface area contributed by atoms with E-state index >= 15 is 0 Å². The first-order valence-electron chi connectivity index (χ1n) is 5.30. The van der Waals surface area contributed by atoms with Gasteiger partial charge in [0.05, 0.1) is 0 Å². The monoisotopic (exact) mass is 253 g/mol. The molecule has 17 heavy (non-hydrogen) atoms. The van der Waals surface area contributed by atoms with Crippen LogP contribution in [0.15, 0.2) is 11.2 Å². The molecule has 0 saturated carbocycles. The highest BCUT2D eigenvalue weighted by Gasteiger charge is 2.29. The van der Waals surface area contributed by atoms with E-state index in [-0.39, 0.29) is 11.9 Å². The van der Waals surface area contributed by atoms with Gasteiger partial charge in [-0.3, -0.25) is 4.79 Å². The van der Waals surface area contributed by atoms with Gasteiger partial charge in [0.25, 0.3) is 0 Å². The molecule has 0 aromatic carbocycles. The van der Waals surface area contributed by atoms with Crippen molar-refractivity contribution in [1.82, 2.24) is 14.9 Å². The van der Waals surface area contributed by atoms with Crippen LogP contribution in [0, 0.1) is 0 Å². The number of aromatic nitrogens is 2. The molecule has 2 rings (SSSR count). The first-order chi connectivity index (χ1) is 8.10. The number of hydrogen-bond acceptors (Lipinski definition) is 6. The Labute approximate surface area is 104 Å². The summed E-state index contributed by atoms with van der Waals surface area (Å²) in [5.74, 6) is 1.11. The minimum atomic E-state index is -0.205. The number of likely N-dealkylation sites (tertiary alicyclic amines) is 1. The number of anilines is 2. The standard InChI is InChI=1S/C10H15N5OS/c1-15-4-3-6(9(15)16)12-8-5-7(11)13-10(14-8)17-2/h5-6H,3-4H2,1-2H3,(H3,11,12,13,14). The van der Waals surface area contributed by atoms with Crippen molar-refractivity contribution in [1.29, 1.82) is 0 Å². The average molecular weight is 253 g/mol. The summed E-state index contributed by atoms with van der Waals surface area (Å²) in [6.45, 7) is 0.770. The fraction of sp³-hybridized carbons (Fsp3) is 0.500. The second-order valence-electron chi connectivity index (χ2n) is 3.91. The van der Waals surface area contributed by atoms with E-state index in [2.05, 4.69) is 15.3 Å². The molecule has 1 atom stereocenters. The summed E-state index contributed by atoms with van der Waals surface area (Å²) in [7, 11) is 1.80. The summed E-state index contributed by atoms with van der Waals surface area (Å²) >= 11 is 1.42. The maximum absolute atomic E-state index is 11.7. The molecule has 1 aliphatic heterocycles. The van der Waals surface area contributed by atoms with Crippen molar-refractivity contribution >= 4 is 29.3 Å². The number of amides is 1. The van der Waals surface area contributed by atoms with Crippen molar-refractivity contribution in [2.24, 2.45) is 0 Å². The van der Waals surface area contributed by atoms with Gasteiger partial charge in [-0.25, -0.2) is 9.97 Å². The third kappa shape index (κ3) is 2.60. The number of hydrogen-bond donors (Lipinski definition) is 2. The van der Waals surface area contributed by atoms with Crippen LogP contribution in [-0.4, -0.2) is 46.7 Å². The maximum Gasteiger partial charge on any atom is 0.244 e. The lowest BCUT2D eigenvalue weighted by Crippen LogP contribution is -2.31. The van der Waals surface area contributed by atoms with Gasteiger partial charge in [-0.05, 0) is 12.7 Å². The predicted octanol–water partition coefficient (Wildman–Crippen LogP) is 0.423. The van der Waals surface area contributed by atoms with Crippen LogP contribution in [0.2, 0.25) is 0 Å². The summed E-state index contributed by atoms with van der Waals surface area (Å²) in [4.78, 5) is 21.8. The van der Waals surface area contributed by atoms with Crippen molar-refractivity contribution in [3.8, 4) is 0 Å². The molecule has 3 N–H and O–H groups in total. The van der Waals surface area contributed by atoms with Gasteiger partial charge in [-0.2, -0.15) is 0 Å². The first kappa shape index (κ1) is 12.0. The number of carbonyl (C=O) groups excluding carboxylic acids is 1. The van der Waals surface area contributed by atoms with E-state index in [1.165, 1.54) is 11.8 Å². The first-order valence-corrected chi connectivity index (χ1v) is 6.52. The van der Waals surface area contributed by atoms with E-state index in [0.717, 1.165) is 13.0 Å². The molecule has 0 aliphatic carbocycles. The van der Waals surface area contributed by atoms with Crippen LogP contribution in [0.25, 0.3) is 0 Å². The molecule has 6 nitrogen and oxygen atoms in total. The van der Waals surface area contributed by atoms with Crippen molar-refractivity contribution in [2.75, 3.05) is 30.9 Å². The zero-order valence-electron chi connectivity index (χ0n) is 9.80. The Balaban J connectivity index is 2.13. The van der Waals surface area contributed by atoms with Crippen LogP contribution in [-0.2, 0) is 4.79 Å². The molecule has 1 amide bonds. The molecule has 0 bridgehead atoms. The molecule has 92 valence electrons. The lowest BCUT2D eigenvalue weighted by molar-refractivity contribution is -0.127. The van der Waals surface area contributed by atoms with Gasteiger partial charge in [0.2, 0.25) is 5.91 Å². The molecule has 1 fully saturated rings. The second-order valence-corrected chi connectivity index (χ2v) is 4.68.